The summed E-state index contributed by atoms with van der Waals surface area (Å²) in [5, 5.41) is 30.0. The van der Waals surface area contributed by atoms with Crippen LogP contribution in [0.5, 0.6) is 0 Å². The molecule has 0 aliphatic rings. The molecule has 0 aliphatic heterocycles. The molecule has 0 aliphatic carbocycles. The fourth-order valence-corrected chi connectivity index (χ4v) is 2.74. The number of carbonyl (C=O) groups is 2. The zero-order valence-corrected chi connectivity index (χ0v) is 15.8. The minimum atomic E-state index is -1.87. The number of hydroxylamine groups is 4. The van der Waals surface area contributed by atoms with Gasteiger partial charge in [0.2, 0.25) is 0 Å². The van der Waals surface area contributed by atoms with Crippen molar-refractivity contribution in [2.75, 3.05) is 6.54 Å². The van der Waals surface area contributed by atoms with Gasteiger partial charge in [-0.3, -0.25) is 20.0 Å². The minimum Gasteiger partial charge on any atom is -0.370 e. The van der Waals surface area contributed by atoms with Crippen LogP contribution in [-0.4, -0.2) is 62.3 Å². The summed E-state index contributed by atoms with van der Waals surface area (Å²) >= 11 is 0. The Morgan fingerprint density at radius 1 is 0.793 bits per heavy atom. The second-order valence-corrected chi connectivity index (χ2v) is 6.68. The second-order valence-electron chi connectivity index (χ2n) is 6.68. The van der Waals surface area contributed by atoms with Crippen molar-refractivity contribution < 1.29 is 25.1 Å². The van der Waals surface area contributed by atoms with Crippen molar-refractivity contribution in [1.82, 2.24) is 10.1 Å². The molecule has 0 saturated carbocycles. The van der Waals surface area contributed by atoms with Crippen LogP contribution in [0, 0.1) is 0 Å². The van der Waals surface area contributed by atoms with Crippen molar-refractivity contribution in [2.24, 2.45) is 11.5 Å². The van der Waals surface area contributed by atoms with Gasteiger partial charge < -0.3 is 16.6 Å². The summed E-state index contributed by atoms with van der Waals surface area (Å²) in [4.78, 5) is 24.4. The molecule has 0 saturated heterocycles. The van der Waals surface area contributed by atoms with Crippen LogP contribution in [0.3, 0.4) is 0 Å². The third kappa shape index (κ3) is 6.63. The number of aliphatic hydroxyl groups is 1. The van der Waals surface area contributed by atoms with E-state index in [9.17, 15) is 25.1 Å². The first-order valence-corrected chi connectivity index (χ1v) is 9.09. The van der Waals surface area contributed by atoms with Gasteiger partial charge in [0, 0.05) is 0 Å². The van der Waals surface area contributed by atoms with E-state index in [-0.39, 0.29) is 23.0 Å². The molecule has 7 N–H and O–H groups in total. The normalized spacial score (nSPS) is 14.0. The van der Waals surface area contributed by atoms with Crippen LogP contribution in [0.4, 0.5) is 0 Å². The highest BCUT2D eigenvalue weighted by Gasteiger charge is 2.29. The van der Waals surface area contributed by atoms with Crippen molar-refractivity contribution in [1.29, 1.82) is 0 Å². The van der Waals surface area contributed by atoms with Gasteiger partial charge in [-0.1, -0.05) is 60.7 Å². The average molecular weight is 402 g/mol. The smallest absolute Gasteiger partial charge is 0.265 e. The Morgan fingerprint density at radius 3 is 1.66 bits per heavy atom. The summed E-state index contributed by atoms with van der Waals surface area (Å²) in [6.07, 6.45) is -1.55. The molecule has 9 nitrogen and oxygen atoms in total. The van der Waals surface area contributed by atoms with Gasteiger partial charge >= 0.3 is 0 Å². The molecule has 9 heteroatoms. The number of carbonyl (C=O) groups excluding carboxylic acids is 2. The molecule has 0 heterocycles. The van der Waals surface area contributed by atoms with Crippen molar-refractivity contribution in [3.63, 3.8) is 0 Å². The fraction of sp³-hybridized carbons (Fsp3) is 0.300. The number of hydrogen-bond acceptors (Lipinski definition) is 7. The Hall–Kier alpha value is -2.82. The molecule has 2 amide bonds. The number of aliphatic hydroxyl groups excluding tert-OH is 1. The maximum atomic E-state index is 12.2. The van der Waals surface area contributed by atoms with Crippen LogP contribution in [0.2, 0.25) is 0 Å². The van der Waals surface area contributed by atoms with Crippen LogP contribution in [0.25, 0.3) is 0 Å². The van der Waals surface area contributed by atoms with E-state index in [2.05, 4.69) is 0 Å². The van der Waals surface area contributed by atoms with Crippen LogP contribution in [0.1, 0.15) is 11.1 Å². The molecule has 3 atom stereocenters. The molecule has 0 fully saturated rings. The first-order chi connectivity index (χ1) is 13.8. The quantitative estimate of drug-likeness (QED) is 0.223. The molecule has 2 rings (SSSR count). The van der Waals surface area contributed by atoms with Gasteiger partial charge in [-0.05, 0) is 24.0 Å². The van der Waals surface area contributed by atoms with Gasteiger partial charge in [0.15, 0.2) is 6.23 Å². The molecule has 0 bridgehead atoms. The lowest BCUT2D eigenvalue weighted by molar-refractivity contribution is -0.226. The monoisotopic (exact) mass is 402 g/mol. The molecular formula is C20H26N4O5. The van der Waals surface area contributed by atoms with Gasteiger partial charge in [-0.15, -0.1) is 0 Å². The number of nitrogens with zero attached hydrogens (tertiary/aromatic N) is 2. The molecule has 29 heavy (non-hydrogen) atoms. The SMILES string of the molecule is NC(Cc1ccccc1)C(=O)N(O)CC(O)N(O)C(=O)C(N)Cc1ccccc1. The van der Waals surface area contributed by atoms with Crippen molar-refractivity contribution in [3.8, 4) is 0 Å². The van der Waals surface area contributed by atoms with Gasteiger partial charge in [0.1, 0.15) is 0 Å². The largest absolute Gasteiger partial charge is 0.370 e. The maximum Gasteiger partial charge on any atom is 0.265 e. The van der Waals surface area contributed by atoms with E-state index in [1.165, 1.54) is 0 Å². The predicted octanol–water partition coefficient (Wildman–Crippen LogP) is -0.120. The minimum absolute atomic E-state index is 0.00677. The van der Waals surface area contributed by atoms with Crippen LogP contribution in [-0.2, 0) is 22.4 Å². The van der Waals surface area contributed by atoms with E-state index in [0.717, 1.165) is 11.1 Å². The summed E-state index contributed by atoms with van der Waals surface area (Å²) in [7, 11) is 0. The summed E-state index contributed by atoms with van der Waals surface area (Å²) < 4.78 is 0. The van der Waals surface area contributed by atoms with Crippen molar-refractivity contribution >= 4 is 11.8 Å². The summed E-state index contributed by atoms with van der Waals surface area (Å²) in [5.41, 5.74) is 13.2. The summed E-state index contributed by atoms with van der Waals surface area (Å²) in [6, 6.07) is 15.7. The van der Waals surface area contributed by atoms with E-state index in [0.29, 0.717) is 0 Å². The Morgan fingerprint density at radius 2 is 1.21 bits per heavy atom. The molecular weight excluding hydrogens is 376 g/mol. The maximum absolute atomic E-state index is 12.2. The topological polar surface area (TPSA) is 153 Å². The number of benzene rings is 2. The highest BCUT2D eigenvalue weighted by molar-refractivity contribution is 5.82. The van der Waals surface area contributed by atoms with E-state index in [4.69, 9.17) is 11.5 Å². The fourth-order valence-electron chi connectivity index (χ4n) is 2.74. The number of amides is 2. The highest BCUT2D eigenvalue weighted by Crippen LogP contribution is 2.07. The summed E-state index contributed by atoms with van der Waals surface area (Å²) in [6.45, 7) is -0.748. The molecule has 3 unspecified atom stereocenters. The lowest BCUT2D eigenvalue weighted by atomic mass is 10.1. The first kappa shape index (κ1) is 22.5. The number of rotatable bonds is 9. The molecule has 0 aromatic heterocycles. The molecule has 2 aromatic carbocycles. The van der Waals surface area contributed by atoms with Crippen molar-refractivity contribution in [2.45, 2.75) is 31.2 Å². The lowest BCUT2D eigenvalue weighted by Gasteiger charge is -2.27. The average Bonchev–Trinajstić information content (AvgIpc) is 2.73. The predicted molar refractivity (Wildman–Crippen MR) is 104 cm³/mol. The van der Waals surface area contributed by atoms with E-state index < -0.39 is 36.7 Å². The van der Waals surface area contributed by atoms with E-state index >= 15 is 0 Å². The van der Waals surface area contributed by atoms with E-state index in [1.807, 2.05) is 12.1 Å². The van der Waals surface area contributed by atoms with Gasteiger partial charge in [-0.25, -0.2) is 5.06 Å². The lowest BCUT2D eigenvalue weighted by Crippen LogP contribution is -2.53. The Labute approximate surface area is 168 Å². The molecule has 0 spiro atoms. The Bertz CT molecular complexity index is 790. The zero-order chi connectivity index (χ0) is 21.4. The summed E-state index contributed by atoms with van der Waals surface area (Å²) in [5.74, 6) is -1.81. The van der Waals surface area contributed by atoms with Crippen LogP contribution < -0.4 is 11.5 Å². The third-order valence-electron chi connectivity index (χ3n) is 4.33. The standard InChI is InChI=1S/C20H26N4O5/c21-16(11-14-7-3-1-4-8-14)19(26)23(28)13-18(25)24(29)20(27)17(22)12-15-9-5-2-6-10-15/h1-10,16-18,25,28-29H,11-13,21-22H2. The molecule has 156 valence electrons. The molecule has 2 aromatic rings. The molecule has 0 radical (unpaired) electrons. The zero-order valence-electron chi connectivity index (χ0n) is 15.8. The van der Waals surface area contributed by atoms with Gasteiger partial charge in [-0.2, -0.15) is 5.06 Å². The van der Waals surface area contributed by atoms with Gasteiger partial charge in [0.25, 0.3) is 11.8 Å². The number of hydrogen-bond donors (Lipinski definition) is 5. The second kappa shape index (κ2) is 10.6. The van der Waals surface area contributed by atoms with E-state index in [1.54, 1.807) is 48.5 Å². The Balaban J connectivity index is 1.87. The van der Waals surface area contributed by atoms with Gasteiger partial charge in [0.05, 0.1) is 18.6 Å². The Kier molecular flexibility index (Phi) is 8.25. The van der Waals surface area contributed by atoms with Crippen molar-refractivity contribution in [3.05, 3.63) is 71.8 Å². The number of nitrogens with two attached hydrogens (primary N) is 2. The van der Waals surface area contributed by atoms with Crippen LogP contribution >= 0.6 is 0 Å². The first-order valence-electron chi connectivity index (χ1n) is 9.09. The third-order valence-corrected chi connectivity index (χ3v) is 4.33. The van der Waals surface area contributed by atoms with Crippen LogP contribution in [0.15, 0.2) is 60.7 Å². The highest BCUT2D eigenvalue weighted by atomic mass is 16.6.